The van der Waals surface area contributed by atoms with E-state index in [2.05, 4.69) is 0 Å². The van der Waals surface area contributed by atoms with Gasteiger partial charge in [0, 0.05) is 6.54 Å². The topological polar surface area (TPSA) is 74.1 Å². The van der Waals surface area contributed by atoms with Gasteiger partial charge >= 0.3 is 0 Å². The molecule has 3 rings (SSSR count). The second-order valence-electron chi connectivity index (χ2n) is 4.34. The molecule has 0 radical (unpaired) electrons. The molecule has 2 aliphatic rings. The van der Waals surface area contributed by atoms with Gasteiger partial charge in [0.05, 0.1) is 23.3 Å². The molecule has 0 amide bonds. The first-order valence-corrected chi connectivity index (χ1v) is 5.53. The predicted molar refractivity (Wildman–Crippen MR) is 60.5 cm³/mol. The van der Waals surface area contributed by atoms with Crippen LogP contribution < -0.4 is 9.47 Å². The van der Waals surface area contributed by atoms with Crippen LogP contribution in [0.25, 0.3) is 0 Å². The van der Waals surface area contributed by atoms with Gasteiger partial charge < -0.3 is 14.2 Å². The molecule has 1 aromatic carbocycles. The molecule has 2 heterocycles. The van der Waals surface area contributed by atoms with Crippen molar-refractivity contribution in [3.8, 4) is 11.5 Å². The number of benzene rings is 1. The number of hydrogen-bond acceptors (Lipinski definition) is 6. The molecule has 1 unspecified atom stereocenters. The normalized spacial score (nSPS) is 22.4. The zero-order chi connectivity index (χ0) is 12.7. The summed E-state index contributed by atoms with van der Waals surface area (Å²) in [5, 5.41) is 11.1. The summed E-state index contributed by atoms with van der Waals surface area (Å²) in [6.45, 7) is 1.19. The number of likely N-dealkylation sites (N-methyl/N-ethyl adjacent to an activating group) is 1. The largest absolute Gasteiger partial charge is 0.454 e. The van der Waals surface area contributed by atoms with Crippen molar-refractivity contribution in [2.75, 3.05) is 27.1 Å². The van der Waals surface area contributed by atoms with Gasteiger partial charge in [0.2, 0.25) is 6.79 Å². The molecule has 2 aliphatic heterocycles. The lowest BCUT2D eigenvalue weighted by Gasteiger charge is -2.10. The molecule has 1 saturated heterocycles. The van der Waals surface area contributed by atoms with E-state index in [1.807, 2.05) is 11.9 Å². The third-order valence-electron chi connectivity index (χ3n) is 3.04. The molecule has 1 aromatic rings. The van der Waals surface area contributed by atoms with E-state index < -0.39 is 4.92 Å². The molecule has 0 aliphatic carbocycles. The van der Waals surface area contributed by atoms with Crippen molar-refractivity contribution in [3.05, 3.63) is 27.8 Å². The third kappa shape index (κ3) is 1.77. The van der Waals surface area contributed by atoms with Gasteiger partial charge in [-0.1, -0.05) is 0 Å². The van der Waals surface area contributed by atoms with Crippen LogP contribution in [-0.4, -0.2) is 36.9 Å². The minimum absolute atomic E-state index is 0.0135. The van der Waals surface area contributed by atoms with Crippen LogP contribution in [0, 0.1) is 10.1 Å². The van der Waals surface area contributed by atoms with Gasteiger partial charge in [0.1, 0.15) is 6.10 Å². The SMILES string of the molecule is CN1COC(c2cc3c(cc2[N+](=O)[O-])OCO3)C1. The van der Waals surface area contributed by atoms with Crippen LogP contribution in [0.3, 0.4) is 0 Å². The Morgan fingerprint density at radius 2 is 2.11 bits per heavy atom. The minimum Gasteiger partial charge on any atom is -0.454 e. The molecule has 0 N–H and O–H groups in total. The maximum absolute atomic E-state index is 11.1. The minimum atomic E-state index is -0.418. The van der Waals surface area contributed by atoms with E-state index in [9.17, 15) is 10.1 Å². The molecule has 7 heteroatoms. The molecule has 0 saturated carbocycles. The van der Waals surface area contributed by atoms with Crippen LogP contribution in [0.5, 0.6) is 11.5 Å². The highest BCUT2D eigenvalue weighted by Crippen LogP contribution is 2.41. The number of nitro groups is 1. The monoisotopic (exact) mass is 252 g/mol. The lowest BCUT2D eigenvalue weighted by molar-refractivity contribution is -0.386. The number of nitrogens with zero attached hydrogens (tertiary/aromatic N) is 2. The Balaban J connectivity index is 2.04. The Kier molecular flexibility index (Phi) is 2.57. The van der Waals surface area contributed by atoms with Crippen molar-refractivity contribution >= 4 is 5.69 Å². The van der Waals surface area contributed by atoms with Crippen molar-refractivity contribution in [2.45, 2.75) is 6.10 Å². The summed E-state index contributed by atoms with van der Waals surface area (Å²) in [6, 6.07) is 3.05. The summed E-state index contributed by atoms with van der Waals surface area (Å²) in [6.07, 6.45) is -0.301. The molecule has 96 valence electrons. The number of rotatable bonds is 2. The van der Waals surface area contributed by atoms with Gasteiger partial charge in [0.25, 0.3) is 5.69 Å². The smallest absolute Gasteiger partial charge is 0.279 e. The highest BCUT2D eigenvalue weighted by Gasteiger charge is 2.31. The van der Waals surface area contributed by atoms with Crippen molar-refractivity contribution in [2.24, 2.45) is 0 Å². The Morgan fingerprint density at radius 1 is 1.39 bits per heavy atom. The van der Waals surface area contributed by atoms with Crippen molar-refractivity contribution in [1.29, 1.82) is 0 Å². The number of ether oxygens (including phenoxy) is 3. The second kappa shape index (κ2) is 4.11. The van der Waals surface area contributed by atoms with Crippen molar-refractivity contribution in [1.82, 2.24) is 4.90 Å². The summed E-state index contributed by atoms with van der Waals surface area (Å²) in [7, 11) is 1.90. The van der Waals surface area contributed by atoms with E-state index in [1.165, 1.54) is 6.07 Å². The molecule has 0 spiro atoms. The maximum atomic E-state index is 11.1. The van der Waals surface area contributed by atoms with Crippen LogP contribution in [0.15, 0.2) is 12.1 Å². The second-order valence-corrected chi connectivity index (χ2v) is 4.34. The van der Waals surface area contributed by atoms with Gasteiger partial charge in [-0.05, 0) is 13.1 Å². The average molecular weight is 252 g/mol. The number of fused-ring (bicyclic) bond motifs is 1. The van der Waals surface area contributed by atoms with E-state index in [4.69, 9.17) is 14.2 Å². The van der Waals surface area contributed by atoms with Crippen LogP contribution in [0.4, 0.5) is 5.69 Å². The summed E-state index contributed by atoms with van der Waals surface area (Å²) in [5.41, 5.74) is 0.549. The summed E-state index contributed by atoms with van der Waals surface area (Å²) in [5.74, 6) is 0.950. The van der Waals surface area contributed by atoms with E-state index in [0.717, 1.165) is 0 Å². The van der Waals surface area contributed by atoms with E-state index >= 15 is 0 Å². The lowest BCUT2D eigenvalue weighted by atomic mass is 10.1. The van der Waals surface area contributed by atoms with Gasteiger partial charge in [-0.3, -0.25) is 15.0 Å². The predicted octanol–water partition coefficient (Wildman–Crippen LogP) is 1.28. The quantitative estimate of drug-likeness (QED) is 0.583. The van der Waals surface area contributed by atoms with Gasteiger partial charge in [-0.15, -0.1) is 0 Å². The average Bonchev–Trinajstić information content (AvgIpc) is 2.94. The Hall–Kier alpha value is -1.86. The molecular weight excluding hydrogens is 240 g/mol. The highest BCUT2D eigenvalue weighted by atomic mass is 16.7. The standard InChI is InChI=1S/C11H12N2O5/c1-12-4-11(16-5-12)7-2-9-10(18-6-17-9)3-8(7)13(14)15/h2-3,11H,4-6H2,1H3. The first-order valence-electron chi connectivity index (χ1n) is 5.53. The molecule has 0 aromatic heterocycles. The fourth-order valence-corrected chi connectivity index (χ4v) is 2.16. The highest BCUT2D eigenvalue weighted by molar-refractivity contribution is 5.56. The molecule has 18 heavy (non-hydrogen) atoms. The Bertz CT molecular complexity index is 504. The fourth-order valence-electron chi connectivity index (χ4n) is 2.16. The molecule has 1 atom stereocenters. The lowest BCUT2D eigenvalue weighted by Crippen LogP contribution is -2.13. The van der Waals surface area contributed by atoms with Gasteiger partial charge in [0.15, 0.2) is 11.5 Å². The van der Waals surface area contributed by atoms with Crippen molar-refractivity contribution < 1.29 is 19.1 Å². The van der Waals surface area contributed by atoms with E-state index in [1.54, 1.807) is 6.07 Å². The Morgan fingerprint density at radius 3 is 2.72 bits per heavy atom. The molecule has 7 nitrogen and oxygen atoms in total. The fraction of sp³-hybridized carbons (Fsp3) is 0.455. The Labute approximate surface area is 103 Å². The summed E-state index contributed by atoms with van der Waals surface area (Å²) < 4.78 is 15.9. The van der Waals surface area contributed by atoms with Crippen LogP contribution in [0.2, 0.25) is 0 Å². The zero-order valence-corrected chi connectivity index (χ0v) is 9.79. The van der Waals surface area contributed by atoms with Crippen molar-refractivity contribution in [3.63, 3.8) is 0 Å². The molecule has 1 fully saturated rings. The van der Waals surface area contributed by atoms with E-state index in [-0.39, 0.29) is 18.6 Å². The maximum Gasteiger partial charge on any atom is 0.279 e. The number of nitro benzene ring substituents is 1. The van der Waals surface area contributed by atoms with Gasteiger partial charge in [-0.2, -0.15) is 0 Å². The van der Waals surface area contributed by atoms with Crippen LogP contribution in [-0.2, 0) is 4.74 Å². The van der Waals surface area contributed by atoms with E-state index in [0.29, 0.717) is 30.3 Å². The number of hydrogen-bond donors (Lipinski definition) is 0. The van der Waals surface area contributed by atoms with Gasteiger partial charge in [-0.25, -0.2) is 0 Å². The molecular formula is C11H12N2O5. The first-order chi connectivity index (χ1) is 8.65. The summed E-state index contributed by atoms with van der Waals surface area (Å²) in [4.78, 5) is 12.6. The first kappa shape index (κ1) is 11.2. The van der Waals surface area contributed by atoms with Crippen LogP contribution >= 0.6 is 0 Å². The third-order valence-corrected chi connectivity index (χ3v) is 3.04. The zero-order valence-electron chi connectivity index (χ0n) is 9.79. The summed E-state index contributed by atoms with van der Waals surface area (Å²) >= 11 is 0. The molecule has 0 bridgehead atoms. The van der Waals surface area contributed by atoms with Crippen LogP contribution in [0.1, 0.15) is 11.7 Å².